The fourth-order valence-corrected chi connectivity index (χ4v) is 3.78. The maximum atomic E-state index is 5.44. The Bertz CT molecular complexity index is 272. The highest BCUT2D eigenvalue weighted by atomic mass is 16.5. The van der Waals surface area contributed by atoms with Crippen LogP contribution in [0.2, 0.25) is 0 Å². The van der Waals surface area contributed by atoms with E-state index in [1.54, 1.807) is 0 Å². The van der Waals surface area contributed by atoms with Crippen molar-refractivity contribution in [3.8, 4) is 0 Å². The Morgan fingerprint density at radius 3 is 2.83 bits per heavy atom. The molecule has 3 aliphatic rings. The molecular formula is C14H27N3O. The minimum atomic E-state index is 0.375. The Hall–Kier alpha value is -0.160. The van der Waals surface area contributed by atoms with E-state index in [-0.39, 0.29) is 0 Å². The van der Waals surface area contributed by atoms with Gasteiger partial charge in [-0.25, -0.2) is 0 Å². The third kappa shape index (κ3) is 2.87. The van der Waals surface area contributed by atoms with Gasteiger partial charge in [-0.3, -0.25) is 9.80 Å². The fourth-order valence-electron chi connectivity index (χ4n) is 3.78. The van der Waals surface area contributed by atoms with Crippen LogP contribution in [0.3, 0.4) is 0 Å². The molecule has 0 amide bonds. The van der Waals surface area contributed by atoms with Crippen molar-refractivity contribution in [2.45, 2.75) is 37.8 Å². The zero-order valence-corrected chi connectivity index (χ0v) is 11.7. The zero-order chi connectivity index (χ0) is 12.4. The van der Waals surface area contributed by atoms with Gasteiger partial charge >= 0.3 is 0 Å². The lowest BCUT2D eigenvalue weighted by Crippen LogP contribution is -2.49. The van der Waals surface area contributed by atoms with Gasteiger partial charge in [0.25, 0.3) is 0 Å². The Morgan fingerprint density at radius 2 is 2.11 bits per heavy atom. The summed E-state index contributed by atoms with van der Waals surface area (Å²) in [5.74, 6) is 0. The topological polar surface area (TPSA) is 27.7 Å². The number of nitrogens with zero attached hydrogens (tertiary/aromatic N) is 2. The van der Waals surface area contributed by atoms with E-state index in [1.807, 2.05) is 0 Å². The quantitative estimate of drug-likeness (QED) is 0.794. The number of morpholine rings is 1. The molecule has 4 heteroatoms. The van der Waals surface area contributed by atoms with Gasteiger partial charge in [-0.2, -0.15) is 0 Å². The van der Waals surface area contributed by atoms with Gasteiger partial charge in [0.2, 0.25) is 0 Å². The summed E-state index contributed by atoms with van der Waals surface area (Å²) in [7, 11) is 0. The molecule has 4 nitrogen and oxygen atoms in total. The second kappa shape index (κ2) is 5.45. The van der Waals surface area contributed by atoms with E-state index >= 15 is 0 Å². The lowest BCUT2D eigenvalue weighted by molar-refractivity contribution is 0.0181. The first-order valence-corrected chi connectivity index (χ1v) is 7.54. The molecule has 0 aromatic heterocycles. The molecule has 18 heavy (non-hydrogen) atoms. The Morgan fingerprint density at radius 1 is 1.28 bits per heavy atom. The Labute approximate surface area is 111 Å². The van der Waals surface area contributed by atoms with Gasteiger partial charge in [-0.05, 0) is 39.3 Å². The van der Waals surface area contributed by atoms with Crippen molar-refractivity contribution in [3.63, 3.8) is 0 Å². The molecular weight excluding hydrogens is 226 g/mol. The maximum Gasteiger partial charge on any atom is 0.0594 e. The summed E-state index contributed by atoms with van der Waals surface area (Å²) in [4.78, 5) is 5.30. The Kier molecular flexibility index (Phi) is 3.89. The highest BCUT2D eigenvalue weighted by Gasteiger charge is 2.34. The molecule has 0 saturated carbocycles. The third-order valence-electron chi connectivity index (χ3n) is 4.84. The smallest absolute Gasteiger partial charge is 0.0594 e. The number of hydrogen-bond acceptors (Lipinski definition) is 4. The summed E-state index contributed by atoms with van der Waals surface area (Å²) in [6.07, 6.45) is 4.03. The van der Waals surface area contributed by atoms with Crippen molar-refractivity contribution in [2.24, 2.45) is 0 Å². The number of likely N-dealkylation sites (tertiary alicyclic amines) is 1. The van der Waals surface area contributed by atoms with Gasteiger partial charge in [0, 0.05) is 37.8 Å². The number of hydrogen-bond donors (Lipinski definition) is 1. The maximum absolute atomic E-state index is 5.44. The lowest BCUT2D eigenvalue weighted by atomic mass is 10.00. The molecule has 2 atom stereocenters. The zero-order valence-electron chi connectivity index (χ0n) is 11.7. The van der Waals surface area contributed by atoms with Gasteiger partial charge in [0.1, 0.15) is 0 Å². The molecule has 0 bridgehead atoms. The summed E-state index contributed by atoms with van der Waals surface area (Å²) in [5, 5.41) is 3.68. The van der Waals surface area contributed by atoms with E-state index in [1.165, 1.54) is 45.4 Å². The molecule has 0 aliphatic carbocycles. The standard InChI is InChI=1S/C14H27N3O/c1-14(4-2-5-15-14)12-16-6-3-13(11-16)17-7-9-18-10-8-17/h13,15H,2-12H2,1H3. The highest BCUT2D eigenvalue weighted by molar-refractivity contribution is 4.94. The lowest BCUT2D eigenvalue weighted by Gasteiger charge is -2.33. The van der Waals surface area contributed by atoms with Crippen molar-refractivity contribution in [3.05, 3.63) is 0 Å². The van der Waals surface area contributed by atoms with Crippen LogP contribution in [0.4, 0.5) is 0 Å². The molecule has 0 aromatic rings. The van der Waals surface area contributed by atoms with Gasteiger partial charge in [0.05, 0.1) is 13.2 Å². The molecule has 0 spiro atoms. The normalized spacial score (nSPS) is 39.5. The van der Waals surface area contributed by atoms with Crippen LogP contribution in [0.15, 0.2) is 0 Å². The first-order valence-electron chi connectivity index (χ1n) is 7.54. The van der Waals surface area contributed by atoms with E-state index in [4.69, 9.17) is 4.74 Å². The van der Waals surface area contributed by atoms with Crippen LogP contribution in [0.1, 0.15) is 26.2 Å². The molecule has 3 aliphatic heterocycles. The van der Waals surface area contributed by atoms with Crippen molar-refractivity contribution in [2.75, 3.05) is 52.5 Å². The minimum absolute atomic E-state index is 0.375. The second-order valence-electron chi connectivity index (χ2n) is 6.42. The van der Waals surface area contributed by atoms with Crippen LogP contribution in [0.5, 0.6) is 0 Å². The van der Waals surface area contributed by atoms with E-state index in [9.17, 15) is 0 Å². The van der Waals surface area contributed by atoms with Crippen molar-refractivity contribution < 1.29 is 4.74 Å². The van der Waals surface area contributed by atoms with Crippen molar-refractivity contribution in [1.29, 1.82) is 0 Å². The molecule has 3 saturated heterocycles. The molecule has 0 aromatic carbocycles. The van der Waals surface area contributed by atoms with Crippen LogP contribution in [-0.4, -0.2) is 73.9 Å². The molecule has 3 rings (SSSR count). The van der Waals surface area contributed by atoms with E-state index in [0.29, 0.717) is 5.54 Å². The average molecular weight is 253 g/mol. The predicted octanol–water partition coefficient (Wildman–Crippen LogP) is 0.535. The van der Waals surface area contributed by atoms with E-state index in [0.717, 1.165) is 32.3 Å². The molecule has 1 N–H and O–H groups in total. The number of rotatable bonds is 3. The van der Waals surface area contributed by atoms with Crippen molar-refractivity contribution >= 4 is 0 Å². The first kappa shape index (κ1) is 12.9. The summed E-state index contributed by atoms with van der Waals surface area (Å²) in [6, 6.07) is 0.777. The largest absolute Gasteiger partial charge is 0.379 e. The van der Waals surface area contributed by atoms with Crippen LogP contribution < -0.4 is 5.32 Å². The SMILES string of the molecule is CC1(CN2CCC(N3CCOCC3)C2)CCCN1. The first-order chi connectivity index (χ1) is 8.75. The van der Waals surface area contributed by atoms with Crippen molar-refractivity contribution in [1.82, 2.24) is 15.1 Å². The summed E-state index contributed by atoms with van der Waals surface area (Å²) in [6.45, 7) is 11.5. The van der Waals surface area contributed by atoms with Crippen LogP contribution in [0, 0.1) is 0 Å². The highest BCUT2D eigenvalue weighted by Crippen LogP contribution is 2.23. The van der Waals surface area contributed by atoms with Gasteiger partial charge in [-0.1, -0.05) is 0 Å². The summed E-state index contributed by atoms with van der Waals surface area (Å²) >= 11 is 0. The van der Waals surface area contributed by atoms with Gasteiger partial charge in [-0.15, -0.1) is 0 Å². The Balaban J connectivity index is 1.48. The summed E-state index contributed by atoms with van der Waals surface area (Å²) in [5.41, 5.74) is 0.375. The van der Waals surface area contributed by atoms with Crippen LogP contribution in [0.25, 0.3) is 0 Å². The van der Waals surface area contributed by atoms with E-state index < -0.39 is 0 Å². The molecule has 3 fully saturated rings. The minimum Gasteiger partial charge on any atom is -0.379 e. The predicted molar refractivity (Wildman–Crippen MR) is 72.9 cm³/mol. The fraction of sp³-hybridized carbons (Fsp3) is 1.00. The number of ether oxygens (including phenoxy) is 1. The van der Waals surface area contributed by atoms with E-state index in [2.05, 4.69) is 22.0 Å². The van der Waals surface area contributed by atoms with Crippen LogP contribution in [-0.2, 0) is 4.74 Å². The summed E-state index contributed by atoms with van der Waals surface area (Å²) < 4.78 is 5.44. The number of nitrogens with one attached hydrogen (secondary N) is 1. The molecule has 0 radical (unpaired) electrons. The monoisotopic (exact) mass is 253 g/mol. The molecule has 2 unspecified atom stereocenters. The van der Waals surface area contributed by atoms with Gasteiger partial charge in [0.15, 0.2) is 0 Å². The van der Waals surface area contributed by atoms with Gasteiger partial charge < -0.3 is 10.1 Å². The third-order valence-corrected chi connectivity index (χ3v) is 4.84. The molecule has 3 heterocycles. The average Bonchev–Trinajstić information content (AvgIpc) is 3.00. The second-order valence-corrected chi connectivity index (χ2v) is 6.42. The molecule has 104 valence electrons. The van der Waals surface area contributed by atoms with Crippen LogP contribution >= 0.6 is 0 Å².